The minimum atomic E-state index is -0.465. The van der Waals surface area contributed by atoms with Crippen molar-refractivity contribution in [2.45, 2.75) is 50.2 Å². The second-order valence-electron chi connectivity index (χ2n) is 6.68. The number of anilines is 2. The van der Waals surface area contributed by atoms with E-state index in [1.54, 1.807) is 19.9 Å². The highest BCUT2D eigenvalue weighted by atomic mass is 32.2. The Morgan fingerprint density at radius 3 is 2.41 bits per heavy atom. The summed E-state index contributed by atoms with van der Waals surface area (Å²) < 4.78 is 0. The molecule has 0 aromatic heterocycles. The van der Waals surface area contributed by atoms with Crippen LogP contribution in [0.15, 0.2) is 47.4 Å². The molecule has 0 aliphatic rings. The predicted octanol–water partition coefficient (Wildman–Crippen LogP) is 5.15. The van der Waals surface area contributed by atoms with Crippen LogP contribution in [-0.2, 0) is 9.59 Å². The number of nitro groups is 1. The van der Waals surface area contributed by atoms with E-state index in [2.05, 4.69) is 10.6 Å². The van der Waals surface area contributed by atoms with Crippen LogP contribution in [0.1, 0.15) is 38.7 Å². The first-order valence-corrected chi connectivity index (χ1v) is 10.3. The molecule has 0 fully saturated rings. The van der Waals surface area contributed by atoms with E-state index in [4.69, 9.17) is 0 Å². The SMILES string of the molecule is CCCCC(=O)Nc1ccc(SC(C)C(=O)Nc2ccc([N+](=O)[O-])cc2C)cc1. The van der Waals surface area contributed by atoms with Gasteiger partial charge >= 0.3 is 0 Å². The van der Waals surface area contributed by atoms with Gasteiger partial charge in [-0.25, -0.2) is 0 Å². The fourth-order valence-electron chi connectivity index (χ4n) is 2.57. The first-order valence-electron chi connectivity index (χ1n) is 9.42. The number of rotatable bonds is 9. The van der Waals surface area contributed by atoms with Crippen LogP contribution in [-0.4, -0.2) is 22.0 Å². The number of thioether (sulfide) groups is 1. The van der Waals surface area contributed by atoms with E-state index >= 15 is 0 Å². The Hall–Kier alpha value is -2.87. The molecule has 2 N–H and O–H groups in total. The monoisotopic (exact) mass is 415 g/mol. The maximum atomic E-state index is 12.5. The third-order valence-electron chi connectivity index (χ3n) is 4.26. The Kier molecular flexibility index (Phi) is 8.21. The van der Waals surface area contributed by atoms with Gasteiger partial charge in [0.25, 0.3) is 5.69 Å². The molecule has 0 aliphatic carbocycles. The van der Waals surface area contributed by atoms with Gasteiger partial charge in [-0.05, 0) is 56.2 Å². The van der Waals surface area contributed by atoms with Gasteiger partial charge in [0.1, 0.15) is 0 Å². The van der Waals surface area contributed by atoms with Crippen LogP contribution in [0.4, 0.5) is 17.1 Å². The predicted molar refractivity (Wildman–Crippen MR) is 116 cm³/mol. The van der Waals surface area contributed by atoms with Crippen LogP contribution >= 0.6 is 11.8 Å². The van der Waals surface area contributed by atoms with Crippen molar-refractivity contribution in [3.8, 4) is 0 Å². The summed E-state index contributed by atoms with van der Waals surface area (Å²) in [4.78, 5) is 35.5. The number of nitrogens with one attached hydrogen (secondary N) is 2. The first-order chi connectivity index (χ1) is 13.8. The highest BCUT2D eigenvalue weighted by Crippen LogP contribution is 2.27. The van der Waals surface area contributed by atoms with Crippen LogP contribution in [0.2, 0.25) is 0 Å². The third-order valence-corrected chi connectivity index (χ3v) is 5.37. The van der Waals surface area contributed by atoms with Crippen LogP contribution in [0.5, 0.6) is 0 Å². The van der Waals surface area contributed by atoms with Gasteiger partial charge in [0.15, 0.2) is 0 Å². The lowest BCUT2D eigenvalue weighted by molar-refractivity contribution is -0.384. The van der Waals surface area contributed by atoms with Gasteiger partial charge in [0.2, 0.25) is 11.8 Å². The molecule has 0 aliphatic heterocycles. The van der Waals surface area contributed by atoms with Crippen molar-refractivity contribution < 1.29 is 14.5 Å². The molecule has 2 amide bonds. The molecule has 0 radical (unpaired) electrons. The van der Waals surface area contributed by atoms with Gasteiger partial charge in [-0.15, -0.1) is 11.8 Å². The maximum absolute atomic E-state index is 12.5. The number of amides is 2. The van der Waals surface area contributed by atoms with E-state index in [0.717, 1.165) is 23.4 Å². The van der Waals surface area contributed by atoms with Crippen LogP contribution < -0.4 is 10.6 Å². The van der Waals surface area contributed by atoms with Crippen LogP contribution in [0.3, 0.4) is 0 Å². The highest BCUT2D eigenvalue weighted by molar-refractivity contribution is 8.00. The number of carbonyl (C=O) groups excluding carboxylic acids is 2. The smallest absolute Gasteiger partial charge is 0.269 e. The average Bonchev–Trinajstić information content (AvgIpc) is 2.69. The van der Waals surface area contributed by atoms with Crippen LogP contribution in [0.25, 0.3) is 0 Å². The van der Waals surface area contributed by atoms with Gasteiger partial charge < -0.3 is 10.6 Å². The zero-order valence-electron chi connectivity index (χ0n) is 16.7. The van der Waals surface area contributed by atoms with Gasteiger partial charge in [-0.3, -0.25) is 19.7 Å². The Morgan fingerprint density at radius 2 is 1.83 bits per heavy atom. The number of hydrogen-bond donors (Lipinski definition) is 2. The van der Waals surface area contributed by atoms with E-state index < -0.39 is 4.92 Å². The molecule has 7 nitrogen and oxygen atoms in total. The summed E-state index contributed by atoms with van der Waals surface area (Å²) in [5, 5.41) is 16.1. The molecule has 2 rings (SSSR count). The van der Waals surface area contributed by atoms with Crippen molar-refractivity contribution in [3.63, 3.8) is 0 Å². The van der Waals surface area contributed by atoms with Crippen molar-refractivity contribution in [2.24, 2.45) is 0 Å². The zero-order chi connectivity index (χ0) is 21.4. The lowest BCUT2D eigenvalue weighted by atomic mass is 10.2. The average molecular weight is 416 g/mol. The fourth-order valence-corrected chi connectivity index (χ4v) is 3.44. The number of nitrogens with zero attached hydrogens (tertiary/aromatic N) is 1. The molecular weight excluding hydrogens is 390 g/mol. The molecule has 2 aromatic rings. The molecule has 0 saturated carbocycles. The summed E-state index contributed by atoms with van der Waals surface area (Å²) in [6.45, 7) is 5.55. The minimum Gasteiger partial charge on any atom is -0.326 e. The van der Waals surface area contributed by atoms with Crippen LogP contribution in [0, 0.1) is 17.0 Å². The van der Waals surface area contributed by atoms with Crippen molar-refractivity contribution in [1.82, 2.24) is 0 Å². The molecular formula is C21H25N3O4S. The number of carbonyl (C=O) groups is 2. The molecule has 1 unspecified atom stereocenters. The van der Waals surface area contributed by atoms with E-state index in [-0.39, 0.29) is 22.8 Å². The molecule has 8 heteroatoms. The molecule has 29 heavy (non-hydrogen) atoms. The van der Waals surface area contributed by atoms with Gasteiger partial charge in [0, 0.05) is 34.8 Å². The van der Waals surface area contributed by atoms with Gasteiger partial charge in [-0.1, -0.05) is 13.3 Å². The number of nitro benzene ring substituents is 1. The highest BCUT2D eigenvalue weighted by Gasteiger charge is 2.17. The molecule has 1 atom stereocenters. The summed E-state index contributed by atoms with van der Waals surface area (Å²) >= 11 is 1.39. The summed E-state index contributed by atoms with van der Waals surface area (Å²) in [7, 11) is 0. The molecule has 2 aromatic carbocycles. The van der Waals surface area contributed by atoms with E-state index in [0.29, 0.717) is 17.7 Å². The van der Waals surface area contributed by atoms with Crippen molar-refractivity contribution in [1.29, 1.82) is 0 Å². The summed E-state index contributed by atoms with van der Waals surface area (Å²) in [6, 6.07) is 11.7. The molecule has 154 valence electrons. The van der Waals surface area contributed by atoms with E-state index in [1.165, 1.54) is 23.9 Å². The van der Waals surface area contributed by atoms with Crippen molar-refractivity contribution in [3.05, 3.63) is 58.1 Å². The quantitative estimate of drug-likeness (QED) is 0.335. The normalized spacial score (nSPS) is 11.6. The van der Waals surface area contributed by atoms with Crippen molar-refractivity contribution in [2.75, 3.05) is 10.6 Å². The summed E-state index contributed by atoms with van der Waals surface area (Å²) in [5.41, 5.74) is 1.91. The maximum Gasteiger partial charge on any atom is 0.269 e. The Labute approximate surface area is 174 Å². The minimum absolute atomic E-state index is 0.00142. The van der Waals surface area contributed by atoms with Gasteiger partial charge in [0.05, 0.1) is 10.2 Å². The summed E-state index contributed by atoms with van der Waals surface area (Å²) in [6.07, 6.45) is 2.34. The Morgan fingerprint density at radius 1 is 1.14 bits per heavy atom. The van der Waals surface area contributed by atoms with Crippen molar-refractivity contribution >= 4 is 40.6 Å². The standard InChI is InChI=1S/C21H25N3O4S/c1-4-5-6-20(25)22-16-7-10-18(11-8-16)29-15(3)21(26)23-19-12-9-17(24(27)28)13-14(19)2/h7-13,15H,4-6H2,1-3H3,(H,22,25)(H,23,26). The molecule has 0 bridgehead atoms. The Balaban J connectivity index is 1.92. The fraction of sp³-hybridized carbons (Fsp3) is 0.333. The number of aryl methyl sites for hydroxylation is 1. The largest absolute Gasteiger partial charge is 0.326 e. The molecule has 0 heterocycles. The third kappa shape index (κ3) is 6.90. The van der Waals surface area contributed by atoms with E-state index in [9.17, 15) is 19.7 Å². The lowest BCUT2D eigenvalue weighted by Crippen LogP contribution is -2.22. The first kappa shape index (κ1) is 22.4. The number of unbranched alkanes of at least 4 members (excludes halogenated alkanes) is 1. The second-order valence-corrected chi connectivity index (χ2v) is 8.10. The Bertz CT molecular complexity index is 884. The van der Waals surface area contributed by atoms with Gasteiger partial charge in [-0.2, -0.15) is 0 Å². The zero-order valence-corrected chi connectivity index (χ0v) is 17.5. The lowest BCUT2D eigenvalue weighted by Gasteiger charge is -2.14. The summed E-state index contributed by atoms with van der Waals surface area (Å²) in [5.74, 6) is -0.192. The number of benzene rings is 2. The number of hydrogen-bond acceptors (Lipinski definition) is 5. The number of non-ortho nitro benzene ring substituents is 1. The van der Waals surface area contributed by atoms with E-state index in [1.807, 2.05) is 31.2 Å². The topological polar surface area (TPSA) is 101 Å². The molecule has 0 saturated heterocycles. The molecule has 0 spiro atoms. The second kappa shape index (κ2) is 10.6.